The smallest absolute Gasteiger partial charge is 0.269 e. The number of piperazine rings is 1. The highest BCUT2D eigenvalue weighted by atomic mass is 16.2. The Morgan fingerprint density at radius 1 is 0.964 bits per heavy atom. The standard InChI is InChI=1S/C21H23N5O2/c22-16-17-5-4-6-18(15-17)21(28)24-23-20(27)9-10-25-11-13-26(14-12-25)19-7-2-1-3-8-19/h1-8,15H,9-14H2,(H,23,27)(H,24,28). The first-order valence-corrected chi connectivity index (χ1v) is 9.27. The van der Waals surface area contributed by atoms with E-state index in [2.05, 4.69) is 32.8 Å². The number of benzene rings is 2. The van der Waals surface area contributed by atoms with E-state index in [1.165, 1.54) is 11.8 Å². The summed E-state index contributed by atoms with van der Waals surface area (Å²) in [6.45, 7) is 4.30. The summed E-state index contributed by atoms with van der Waals surface area (Å²) >= 11 is 0. The molecule has 2 aromatic carbocycles. The number of hydrogen-bond donors (Lipinski definition) is 2. The number of amides is 2. The van der Waals surface area contributed by atoms with E-state index in [1.54, 1.807) is 18.2 Å². The van der Waals surface area contributed by atoms with Crippen molar-refractivity contribution in [2.24, 2.45) is 0 Å². The van der Waals surface area contributed by atoms with Gasteiger partial charge in [0.25, 0.3) is 5.91 Å². The van der Waals surface area contributed by atoms with E-state index in [0.717, 1.165) is 26.2 Å². The van der Waals surface area contributed by atoms with E-state index in [9.17, 15) is 9.59 Å². The first-order valence-electron chi connectivity index (χ1n) is 9.27. The fourth-order valence-electron chi connectivity index (χ4n) is 3.12. The van der Waals surface area contributed by atoms with Gasteiger partial charge in [-0.15, -0.1) is 0 Å². The number of rotatable bonds is 5. The number of para-hydroxylation sites is 1. The lowest BCUT2D eigenvalue weighted by molar-refractivity contribution is -0.122. The first kappa shape index (κ1) is 19.4. The molecule has 0 radical (unpaired) electrons. The Kier molecular flexibility index (Phi) is 6.60. The van der Waals surface area contributed by atoms with Crippen LogP contribution in [0.3, 0.4) is 0 Å². The van der Waals surface area contributed by atoms with Crippen LogP contribution in [0.4, 0.5) is 5.69 Å². The van der Waals surface area contributed by atoms with Crippen LogP contribution in [0.2, 0.25) is 0 Å². The number of hydrazine groups is 1. The maximum atomic E-state index is 12.0. The number of carbonyl (C=O) groups excluding carboxylic acids is 2. The van der Waals surface area contributed by atoms with Gasteiger partial charge in [0.15, 0.2) is 0 Å². The molecule has 1 aliphatic heterocycles. The van der Waals surface area contributed by atoms with E-state index in [1.807, 2.05) is 24.3 Å². The molecule has 1 heterocycles. The van der Waals surface area contributed by atoms with Gasteiger partial charge in [-0.1, -0.05) is 24.3 Å². The maximum absolute atomic E-state index is 12.0. The molecular weight excluding hydrogens is 354 g/mol. The molecule has 1 fully saturated rings. The molecule has 2 aromatic rings. The van der Waals surface area contributed by atoms with Crippen molar-refractivity contribution in [1.82, 2.24) is 15.8 Å². The van der Waals surface area contributed by atoms with Gasteiger partial charge in [-0.25, -0.2) is 0 Å². The number of hydrogen-bond acceptors (Lipinski definition) is 5. The van der Waals surface area contributed by atoms with Crippen LogP contribution in [-0.2, 0) is 4.79 Å². The van der Waals surface area contributed by atoms with Crippen LogP contribution >= 0.6 is 0 Å². The van der Waals surface area contributed by atoms with E-state index >= 15 is 0 Å². The summed E-state index contributed by atoms with van der Waals surface area (Å²) in [6.07, 6.45) is 0.309. The number of carbonyl (C=O) groups is 2. The van der Waals surface area contributed by atoms with Crippen LogP contribution in [0.25, 0.3) is 0 Å². The zero-order chi connectivity index (χ0) is 19.8. The van der Waals surface area contributed by atoms with Gasteiger partial charge in [0.2, 0.25) is 5.91 Å². The SMILES string of the molecule is N#Cc1cccc(C(=O)NNC(=O)CCN2CCN(c3ccccc3)CC2)c1. The third-order valence-electron chi connectivity index (χ3n) is 4.72. The lowest BCUT2D eigenvalue weighted by Gasteiger charge is -2.36. The summed E-state index contributed by atoms with van der Waals surface area (Å²) in [7, 11) is 0. The second kappa shape index (κ2) is 9.53. The molecule has 1 aliphatic rings. The summed E-state index contributed by atoms with van der Waals surface area (Å²) in [5.74, 6) is -0.683. The van der Waals surface area contributed by atoms with Crippen molar-refractivity contribution in [3.63, 3.8) is 0 Å². The van der Waals surface area contributed by atoms with Crippen LogP contribution in [0.5, 0.6) is 0 Å². The van der Waals surface area contributed by atoms with E-state index in [4.69, 9.17) is 5.26 Å². The molecule has 0 spiro atoms. The zero-order valence-electron chi connectivity index (χ0n) is 15.6. The second-order valence-corrected chi connectivity index (χ2v) is 6.61. The van der Waals surface area contributed by atoms with Crippen molar-refractivity contribution in [2.75, 3.05) is 37.6 Å². The summed E-state index contributed by atoms with van der Waals surface area (Å²) in [6, 6.07) is 18.6. The molecule has 0 atom stereocenters. The molecule has 0 saturated carbocycles. The van der Waals surface area contributed by atoms with Crippen molar-refractivity contribution in [3.8, 4) is 6.07 Å². The maximum Gasteiger partial charge on any atom is 0.269 e. The molecule has 2 N–H and O–H groups in total. The third kappa shape index (κ3) is 5.32. The van der Waals surface area contributed by atoms with Crippen LogP contribution < -0.4 is 15.8 Å². The molecule has 0 unspecified atom stereocenters. The number of anilines is 1. The summed E-state index contributed by atoms with van der Waals surface area (Å²) in [4.78, 5) is 28.6. The monoisotopic (exact) mass is 377 g/mol. The minimum Gasteiger partial charge on any atom is -0.369 e. The Bertz CT molecular complexity index is 855. The van der Waals surface area contributed by atoms with E-state index in [-0.39, 0.29) is 5.91 Å². The number of nitriles is 1. The average Bonchev–Trinajstić information content (AvgIpc) is 2.77. The molecule has 0 aromatic heterocycles. The lowest BCUT2D eigenvalue weighted by Crippen LogP contribution is -2.48. The summed E-state index contributed by atoms with van der Waals surface area (Å²) in [5.41, 5.74) is 6.78. The largest absolute Gasteiger partial charge is 0.369 e. The molecule has 28 heavy (non-hydrogen) atoms. The normalized spacial score (nSPS) is 14.2. The van der Waals surface area contributed by atoms with Gasteiger partial charge in [0.05, 0.1) is 11.6 Å². The van der Waals surface area contributed by atoms with Gasteiger partial charge in [0.1, 0.15) is 0 Å². The molecular formula is C21H23N5O2. The Morgan fingerprint density at radius 2 is 1.71 bits per heavy atom. The fourth-order valence-corrected chi connectivity index (χ4v) is 3.12. The van der Waals surface area contributed by atoms with Crippen LogP contribution in [0, 0.1) is 11.3 Å². The summed E-state index contributed by atoms with van der Waals surface area (Å²) < 4.78 is 0. The van der Waals surface area contributed by atoms with Crippen molar-refractivity contribution in [1.29, 1.82) is 5.26 Å². The van der Waals surface area contributed by atoms with Crippen molar-refractivity contribution >= 4 is 17.5 Å². The van der Waals surface area contributed by atoms with Crippen LogP contribution in [-0.4, -0.2) is 49.4 Å². The molecule has 0 bridgehead atoms. The molecule has 7 nitrogen and oxygen atoms in total. The van der Waals surface area contributed by atoms with Gasteiger partial charge in [-0.05, 0) is 30.3 Å². The topological polar surface area (TPSA) is 88.5 Å². The van der Waals surface area contributed by atoms with Crippen LogP contribution in [0.1, 0.15) is 22.3 Å². The Hall–Kier alpha value is -3.37. The van der Waals surface area contributed by atoms with Gasteiger partial charge < -0.3 is 4.90 Å². The first-order chi connectivity index (χ1) is 13.7. The highest BCUT2D eigenvalue weighted by Gasteiger charge is 2.17. The fraction of sp³-hybridized carbons (Fsp3) is 0.286. The van der Waals surface area contributed by atoms with Gasteiger partial charge in [0, 0.05) is 50.4 Å². The molecule has 7 heteroatoms. The predicted molar refractivity (Wildman–Crippen MR) is 106 cm³/mol. The van der Waals surface area contributed by atoms with Crippen LogP contribution in [0.15, 0.2) is 54.6 Å². The minimum atomic E-state index is -0.443. The molecule has 3 rings (SSSR count). The predicted octanol–water partition coefficient (Wildman–Crippen LogP) is 1.53. The van der Waals surface area contributed by atoms with Gasteiger partial charge >= 0.3 is 0 Å². The molecule has 2 amide bonds. The van der Waals surface area contributed by atoms with Crippen molar-refractivity contribution < 1.29 is 9.59 Å². The Labute approximate surface area is 164 Å². The quantitative estimate of drug-likeness (QED) is 0.772. The molecule has 1 saturated heterocycles. The van der Waals surface area contributed by atoms with Gasteiger partial charge in [-0.2, -0.15) is 5.26 Å². The van der Waals surface area contributed by atoms with E-state index in [0.29, 0.717) is 24.1 Å². The lowest BCUT2D eigenvalue weighted by atomic mass is 10.1. The van der Waals surface area contributed by atoms with Crippen molar-refractivity contribution in [2.45, 2.75) is 6.42 Å². The molecule has 0 aliphatic carbocycles. The highest BCUT2D eigenvalue weighted by molar-refractivity contribution is 5.95. The number of nitrogens with zero attached hydrogens (tertiary/aromatic N) is 3. The van der Waals surface area contributed by atoms with E-state index < -0.39 is 5.91 Å². The Balaban J connectivity index is 1.37. The van der Waals surface area contributed by atoms with Gasteiger partial charge in [-0.3, -0.25) is 25.3 Å². The third-order valence-corrected chi connectivity index (χ3v) is 4.72. The highest BCUT2D eigenvalue weighted by Crippen LogP contribution is 2.15. The second-order valence-electron chi connectivity index (χ2n) is 6.61. The van der Waals surface area contributed by atoms with Crippen molar-refractivity contribution in [3.05, 3.63) is 65.7 Å². The Morgan fingerprint density at radius 3 is 2.43 bits per heavy atom. The summed E-state index contributed by atoms with van der Waals surface area (Å²) in [5, 5.41) is 8.88. The molecule has 144 valence electrons. The number of nitrogens with one attached hydrogen (secondary N) is 2. The average molecular weight is 377 g/mol. The zero-order valence-corrected chi connectivity index (χ0v) is 15.6. The minimum absolute atomic E-state index is 0.240.